The third-order valence-electron chi connectivity index (χ3n) is 4.21. The summed E-state index contributed by atoms with van der Waals surface area (Å²) < 4.78 is 6.36. The van der Waals surface area contributed by atoms with E-state index in [1.54, 1.807) is 23.1 Å². The van der Waals surface area contributed by atoms with Gasteiger partial charge < -0.3 is 15.4 Å². The summed E-state index contributed by atoms with van der Waals surface area (Å²) in [5.41, 5.74) is 6.87. The highest BCUT2D eigenvalue weighted by molar-refractivity contribution is 9.10. The predicted molar refractivity (Wildman–Crippen MR) is 126 cm³/mol. The second-order valence-corrected chi connectivity index (χ2v) is 8.25. The van der Waals surface area contributed by atoms with Crippen LogP contribution in [-0.2, 0) is 11.2 Å². The van der Waals surface area contributed by atoms with Gasteiger partial charge >= 0.3 is 0 Å². The fraction of sp³-hybridized carbons (Fsp3) is 0.318. The van der Waals surface area contributed by atoms with Gasteiger partial charge in [-0.1, -0.05) is 30.3 Å². The normalized spacial score (nSPS) is 10.5. The third kappa shape index (κ3) is 7.76. The molecule has 6 nitrogen and oxygen atoms in total. The maximum absolute atomic E-state index is 12.7. The van der Waals surface area contributed by atoms with Crippen molar-refractivity contribution < 1.29 is 14.3 Å². The molecule has 2 amide bonds. The number of rotatable bonds is 9. The molecule has 2 aromatic carbocycles. The number of carbonyl (C=O) groups is 2. The van der Waals surface area contributed by atoms with Gasteiger partial charge in [0.1, 0.15) is 5.75 Å². The highest BCUT2D eigenvalue weighted by Crippen LogP contribution is 2.27. The van der Waals surface area contributed by atoms with Crippen LogP contribution in [0.3, 0.4) is 0 Å². The second kappa shape index (κ2) is 11.7. The molecule has 0 saturated carbocycles. The van der Waals surface area contributed by atoms with Crippen LogP contribution in [-0.4, -0.2) is 41.0 Å². The Bertz CT molecular complexity index is 890. The molecule has 0 atom stereocenters. The Morgan fingerprint density at radius 3 is 2.47 bits per heavy atom. The van der Waals surface area contributed by atoms with Gasteiger partial charge in [-0.05, 0) is 72.2 Å². The summed E-state index contributed by atoms with van der Waals surface area (Å²) in [5.74, 6) is -0.0887. The maximum Gasteiger partial charge on any atom is 0.257 e. The molecule has 2 rings (SSSR count). The first-order valence-corrected chi connectivity index (χ1v) is 10.8. The minimum atomic E-state index is -0.418. The van der Waals surface area contributed by atoms with Crippen molar-refractivity contribution in [2.45, 2.75) is 32.8 Å². The molecule has 0 aliphatic heterocycles. The topological polar surface area (TPSA) is 84.7 Å². The highest BCUT2D eigenvalue weighted by atomic mass is 79.9. The van der Waals surface area contributed by atoms with Crippen LogP contribution in [0, 0.1) is 0 Å². The van der Waals surface area contributed by atoms with Crippen LogP contribution in [0.2, 0.25) is 0 Å². The number of nitrogens with zero attached hydrogens (tertiary/aromatic N) is 1. The van der Waals surface area contributed by atoms with E-state index in [9.17, 15) is 9.59 Å². The van der Waals surface area contributed by atoms with E-state index in [-0.39, 0.29) is 23.5 Å². The van der Waals surface area contributed by atoms with Gasteiger partial charge in [-0.25, -0.2) is 0 Å². The van der Waals surface area contributed by atoms with Gasteiger partial charge in [0.15, 0.2) is 5.11 Å². The van der Waals surface area contributed by atoms with Crippen LogP contribution >= 0.6 is 28.1 Å². The van der Waals surface area contributed by atoms with Crippen molar-refractivity contribution >= 4 is 45.1 Å². The largest absolute Gasteiger partial charge is 0.490 e. The highest BCUT2D eigenvalue weighted by Gasteiger charge is 2.16. The van der Waals surface area contributed by atoms with Gasteiger partial charge in [-0.2, -0.15) is 0 Å². The number of ether oxygens (including phenoxy) is 1. The van der Waals surface area contributed by atoms with E-state index in [0.717, 1.165) is 12.0 Å². The van der Waals surface area contributed by atoms with Crippen molar-refractivity contribution in [3.8, 4) is 5.75 Å². The predicted octanol–water partition coefficient (Wildman–Crippen LogP) is 3.67. The number of hydrogen-bond acceptors (Lipinski definition) is 4. The minimum absolute atomic E-state index is 0.0250. The number of nitrogens with two attached hydrogens (primary N) is 1. The molecule has 0 saturated heterocycles. The van der Waals surface area contributed by atoms with Crippen LogP contribution in [0.15, 0.2) is 53.0 Å². The van der Waals surface area contributed by atoms with Gasteiger partial charge in [-0.15, -0.1) is 0 Å². The molecule has 0 aliphatic rings. The number of thiocarbonyl (C=S) groups is 1. The number of nitrogens with one attached hydrogen (secondary N) is 1. The SMILES string of the molecule is CC(C)Oc1ccc(C(=O)NC(=S)N(CCC(N)=O)CCc2ccccc2)cc1Br. The number of benzene rings is 2. The van der Waals surface area contributed by atoms with E-state index in [2.05, 4.69) is 21.2 Å². The molecular formula is C22H26BrN3O3S. The van der Waals surface area contributed by atoms with Gasteiger partial charge in [0.05, 0.1) is 10.6 Å². The van der Waals surface area contributed by atoms with Crippen molar-refractivity contribution in [3.63, 3.8) is 0 Å². The average Bonchev–Trinajstić information content (AvgIpc) is 2.69. The first kappa shape index (κ1) is 23.8. The summed E-state index contributed by atoms with van der Waals surface area (Å²) >= 11 is 8.87. The molecule has 0 heterocycles. The van der Waals surface area contributed by atoms with Crippen LogP contribution in [0.4, 0.5) is 0 Å². The summed E-state index contributed by atoms with van der Waals surface area (Å²) in [5, 5.41) is 3.01. The fourth-order valence-electron chi connectivity index (χ4n) is 2.71. The Hall–Kier alpha value is -2.45. The van der Waals surface area contributed by atoms with Crippen molar-refractivity contribution in [1.82, 2.24) is 10.2 Å². The molecule has 0 radical (unpaired) electrons. The van der Waals surface area contributed by atoms with E-state index in [0.29, 0.717) is 28.9 Å². The Morgan fingerprint density at radius 2 is 1.87 bits per heavy atom. The molecule has 8 heteroatoms. The number of carbonyl (C=O) groups excluding carboxylic acids is 2. The molecule has 0 aliphatic carbocycles. The zero-order valence-corrected chi connectivity index (χ0v) is 19.5. The Morgan fingerprint density at radius 1 is 1.17 bits per heavy atom. The Labute approximate surface area is 190 Å². The van der Waals surface area contributed by atoms with Crippen molar-refractivity contribution in [2.75, 3.05) is 13.1 Å². The molecule has 0 unspecified atom stereocenters. The van der Waals surface area contributed by atoms with Crippen molar-refractivity contribution in [3.05, 3.63) is 64.1 Å². The maximum atomic E-state index is 12.7. The molecule has 0 bridgehead atoms. The lowest BCUT2D eigenvalue weighted by Gasteiger charge is -2.25. The van der Waals surface area contributed by atoms with Crippen LogP contribution in [0.5, 0.6) is 5.75 Å². The van der Waals surface area contributed by atoms with Crippen LogP contribution < -0.4 is 15.8 Å². The number of halogens is 1. The number of hydrogen-bond donors (Lipinski definition) is 2. The fourth-order valence-corrected chi connectivity index (χ4v) is 3.46. The number of amides is 2. The van der Waals surface area contributed by atoms with Gasteiger partial charge in [0.25, 0.3) is 5.91 Å². The summed E-state index contributed by atoms with van der Waals surface area (Å²) in [6, 6.07) is 15.0. The van der Waals surface area contributed by atoms with E-state index in [4.69, 9.17) is 22.7 Å². The minimum Gasteiger partial charge on any atom is -0.490 e. The quantitative estimate of drug-likeness (QED) is 0.522. The van der Waals surface area contributed by atoms with E-state index in [1.165, 1.54) is 0 Å². The lowest BCUT2D eigenvalue weighted by atomic mass is 10.1. The molecule has 160 valence electrons. The molecule has 0 aromatic heterocycles. The van der Waals surface area contributed by atoms with Crippen LogP contribution in [0.25, 0.3) is 0 Å². The first-order chi connectivity index (χ1) is 14.3. The van der Waals surface area contributed by atoms with Gasteiger partial charge in [-0.3, -0.25) is 14.9 Å². The standard InChI is InChI=1S/C22H26BrN3O3S/c1-15(2)29-19-9-8-17(14-18(19)23)21(28)25-22(30)26(13-11-20(24)27)12-10-16-6-4-3-5-7-16/h3-9,14-15H,10-13H2,1-2H3,(H2,24,27)(H,25,28,30). The van der Waals surface area contributed by atoms with Gasteiger partial charge in [0, 0.05) is 25.1 Å². The van der Waals surface area contributed by atoms with Crippen LogP contribution in [0.1, 0.15) is 36.2 Å². The molecule has 3 N–H and O–H groups in total. The Balaban J connectivity index is 2.04. The summed E-state index contributed by atoms with van der Waals surface area (Å²) in [6.07, 6.45) is 0.900. The zero-order chi connectivity index (χ0) is 22.1. The monoisotopic (exact) mass is 491 g/mol. The summed E-state index contributed by atoms with van der Waals surface area (Å²) in [4.78, 5) is 25.7. The lowest BCUT2D eigenvalue weighted by molar-refractivity contribution is -0.118. The smallest absolute Gasteiger partial charge is 0.257 e. The molecule has 30 heavy (non-hydrogen) atoms. The van der Waals surface area contributed by atoms with E-state index >= 15 is 0 Å². The summed E-state index contributed by atoms with van der Waals surface area (Å²) in [6.45, 7) is 4.76. The molecular weight excluding hydrogens is 466 g/mol. The summed E-state index contributed by atoms with van der Waals surface area (Å²) in [7, 11) is 0. The third-order valence-corrected chi connectivity index (χ3v) is 5.19. The lowest BCUT2D eigenvalue weighted by Crippen LogP contribution is -2.44. The first-order valence-electron chi connectivity index (χ1n) is 9.65. The second-order valence-electron chi connectivity index (χ2n) is 7.01. The molecule has 0 spiro atoms. The number of primary amides is 1. The Kier molecular flexibility index (Phi) is 9.26. The average molecular weight is 492 g/mol. The zero-order valence-electron chi connectivity index (χ0n) is 17.1. The van der Waals surface area contributed by atoms with Crippen molar-refractivity contribution in [2.24, 2.45) is 5.73 Å². The van der Waals surface area contributed by atoms with Gasteiger partial charge in [0.2, 0.25) is 5.91 Å². The van der Waals surface area contributed by atoms with E-state index in [1.807, 2.05) is 44.2 Å². The van der Waals surface area contributed by atoms with E-state index < -0.39 is 5.91 Å². The van der Waals surface area contributed by atoms with Crippen molar-refractivity contribution in [1.29, 1.82) is 0 Å². The molecule has 2 aromatic rings. The molecule has 0 fully saturated rings.